The Morgan fingerprint density at radius 2 is 2.32 bits per heavy atom. The summed E-state index contributed by atoms with van der Waals surface area (Å²) >= 11 is 9.34. The fourth-order valence-corrected chi connectivity index (χ4v) is 4.58. The van der Waals surface area contributed by atoms with Gasteiger partial charge in [-0.2, -0.15) is 11.8 Å². The first-order chi connectivity index (χ1) is 10.0. The van der Waals surface area contributed by atoms with Gasteiger partial charge in [-0.1, -0.05) is 11.6 Å². The van der Waals surface area contributed by atoms with Crippen LogP contribution >= 0.6 is 58.7 Å². The lowest BCUT2D eigenvalue weighted by Gasteiger charge is -2.24. The second kappa shape index (κ2) is 9.56. The molecule has 2 N–H and O–H groups in total. The van der Waals surface area contributed by atoms with Gasteiger partial charge < -0.3 is 15.3 Å². The second-order valence-corrected chi connectivity index (χ2v) is 8.16. The van der Waals surface area contributed by atoms with Crippen LogP contribution in [-0.2, 0) is 6.54 Å². The van der Waals surface area contributed by atoms with Crippen LogP contribution in [0.25, 0.3) is 0 Å². The summed E-state index contributed by atoms with van der Waals surface area (Å²) < 4.78 is 0.803. The summed E-state index contributed by atoms with van der Waals surface area (Å²) in [4.78, 5) is 7.87. The first-order valence-corrected chi connectivity index (χ1v) is 9.41. The van der Waals surface area contributed by atoms with Gasteiger partial charge in [0.05, 0.1) is 23.0 Å². The lowest BCUT2D eigenvalue weighted by molar-refractivity contribution is 0.0776. The number of rotatable bonds is 5. The van der Waals surface area contributed by atoms with Crippen molar-refractivity contribution in [1.82, 2.24) is 10.2 Å². The van der Waals surface area contributed by atoms with Crippen molar-refractivity contribution in [3.05, 3.63) is 21.3 Å². The van der Waals surface area contributed by atoms with Crippen LogP contribution in [0.4, 0.5) is 0 Å². The molecule has 22 heavy (non-hydrogen) atoms. The summed E-state index contributed by atoms with van der Waals surface area (Å²) in [5.74, 6) is 2.62. The highest BCUT2D eigenvalue weighted by Crippen LogP contribution is 2.28. The number of halogens is 2. The molecule has 1 aromatic rings. The molecule has 126 valence electrons. The van der Waals surface area contributed by atoms with Crippen molar-refractivity contribution in [2.24, 2.45) is 4.99 Å². The van der Waals surface area contributed by atoms with Gasteiger partial charge in [0.1, 0.15) is 0 Å². The Morgan fingerprint density at radius 1 is 1.55 bits per heavy atom. The second-order valence-electron chi connectivity index (χ2n) is 5.26. The van der Waals surface area contributed by atoms with Crippen molar-refractivity contribution in [2.75, 3.05) is 31.6 Å². The third kappa shape index (κ3) is 6.07. The van der Waals surface area contributed by atoms with Gasteiger partial charge in [-0.3, -0.25) is 4.99 Å². The summed E-state index contributed by atoms with van der Waals surface area (Å²) in [6.07, 6.45) is 0.824. The molecular formula is C14H23ClIN3OS2. The predicted molar refractivity (Wildman–Crippen MR) is 109 cm³/mol. The number of hydrogen-bond acceptors (Lipinski definition) is 4. The minimum atomic E-state index is -0.640. The molecule has 0 bridgehead atoms. The molecule has 0 amide bonds. The van der Waals surface area contributed by atoms with Crippen LogP contribution < -0.4 is 5.32 Å². The number of hydrogen-bond donors (Lipinski definition) is 2. The maximum Gasteiger partial charge on any atom is 0.194 e. The third-order valence-corrected chi connectivity index (χ3v) is 5.77. The monoisotopic (exact) mass is 475 g/mol. The van der Waals surface area contributed by atoms with Gasteiger partial charge in [0.2, 0.25) is 0 Å². The number of thioether (sulfide) groups is 1. The third-order valence-electron chi connectivity index (χ3n) is 3.32. The average Bonchev–Trinajstić information content (AvgIpc) is 3.04. The van der Waals surface area contributed by atoms with Crippen LogP contribution in [0.3, 0.4) is 0 Å². The Balaban J connectivity index is 0.00000242. The van der Waals surface area contributed by atoms with E-state index in [0.29, 0.717) is 6.54 Å². The standard InChI is InChI=1S/C14H22ClN3OS2.HI/c1-3-16-13(17-9-14(19)6-7-20-10-14)18(2)8-11-4-5-12(15)21-11;/h4-5,19H,3,6-10H2,1-2H3,(H,16,17);1H. The lowest BCUT2D eigenvalue weighted by atomic mass is 10.1. The Bertz CT molecular complexity index is 492. The zero-order valence-corrected chi connectivity index (χ0v) is 17.6. The first kappa shape index (κ1) is 20.3. The van der Waals surface area contributed by atoms with Gasteiger partial charge in [0, 0.05) is 24.2 Å². The van der Waals surface area contributed by atoms with Crippen molar-refractivity contribution < 1.29 is 5.11 Å². The largest absolute Gasteiger partial charge is 0.387 e. The van der Waals surface area contributed by atoms with E-state index < -0.39 is 5.60 Å². The van der Waals surface area contributed by atoms with Crippen LogP contribution in [0.1, 0.15) is 18.2 Å². The van der Waals surface area contributed by atoms with Crippen LogP contribution in [0.15, 0.2) is 17.1 Å². The molecule has 4 nitrogen and oxygen atoms in total. The fraction of sp³-hybridized carbons (Fsp3) is 0.643. The molecule has 1 aliphatic heterocycles. The summed E-state index contributed by atoms with van der Waals surface area (Å²) in [7, 11) is 2.00. The van der Waals surface area contributed by atoms with E-state index in [1.807, 2.05) is 26.1 Å². The van der Waals surface area contributed by atoms with Crippen LogP contribution in [0.2, 0.25) is 4.34 Å². The molecule has 0 aromatic carbocycles. The number of nitrogens with one attached hydrogen (secondary N) is 1. The molecule has 0 spiro atoms. The molecule has 2 rings (SSSR count). The molecule has 1 fully saturated rings. The number of thiophene rings is 1. The molecule has 1 aromatic heterocycles. The highest BCUT2D eigenvalue weighted by Gasteiger charge is 2.31. The van der Waals surface area contributed by atoms with E-state index in [1.165, 1.54) is 4.88 Å². The molecule has 0 aliphatic carbocycles. The van der Waals surface area contributed by atoms with E-state index in [2.05, 4.69) is 15.2 Å². The minimum Gasteiger partial charge on any atom is -0.387 e. The van der Waals surface area contributed by atoms with Gasteiger partial charge in [-0.25, -0.2) is 0 Å². The summed E-state index contributed by atoms with van der Waals surface area (Å²) in [5, 5.41) is 13.7. The van der Waals surface area contributed by atoms with Crippen LogP contribution in [0.5, 0.6) is 0 Å². The average molecular weight is 476 g/mol. The van der Waals surface area contributed by atoms with E-state index in [9.17, 15) is 5.11 Å². The number of nitrogens with zero attached hydrogens (tertiary/aromatic N) is 2. The molecule has 0 saturated carbocycles. The summed E-state index contributed by atoms with van der Waals surface area (Å²) in [6.45, 7) is 4.07. The van der Waals surface area contributed by atoms with Crippen molar-refractivity contribution in [3.63, 3.8) is 0 Å². The van der Waals surface area contributed by atoms with Gasteiger partial charge in [0.25, 0.3) is 0 Å². The quantitative estimate of drug-likeness (QED) is 0.390. The SMILES string of the molecule is CCNC(=NCC1(O)CCSC1)N(C)Cc1ccc(Cl)s1.I. The van der Waals surface area contributed by atoms with Crippen molar-refractivity contribution in [2.45, 2.75) is 25.5 Å². The fourth-order valence-electron chi connectivity index (χ4n) is 2.16. The molecule has 1 aliphatic rings. The van der Waals surface area contributed by atoms with Crippen molar-refractivity contribution in [1.29, 1.82) is 0 Å². The van der Waals surface area contributed by atoms with Gasteiger partial charge in [-0.15, -0.1) is 35.3 Å². The van der Waals surface area contributed by atoms with E-state index in [1.54, 1.807) is 23.1 Å². The number of guanidine groups is 1. The molecule has 0 radical (unpaired) electrons. The Kier molecular flexibility index (Phi) is 8.84. The molecule has 2 heterocycles. The molecule has 1 unspecified atom stereocenters. The van der Waals surface area contributed by atoms with E-state index in [-0.39, 0.29) is 24.0 Å². The maximum absolute atomic E-state index is 10.4. The number of aliphatic imine (C=N–C) groups is 1. The van der Waals surface area contributed by atoms with E-state index in [4.69, 9.17) is 11.6 Å². The summed E-state index contributed by atoms with van der Waals surface area (Å²) in [6, 6.07) is 3.95. The smallest absolute Gasteiger partial charge is 0.194 e. The van der Waals surface area contributed by atoms with Gasteiger partial charge >= 0.3 is 0 Å². The van der Waals surface area contributed by atoms with E-state index >= 15 is 0 Å². The highest BCUT2D eigenvalue weighted by atomic mass is 127. The zero-order chi connectivity index (χ0) is 15.3. The predicted octanol–water partition coefficient (Wildman–Crippen LogP) is 3.28. The molecule has 1 saturated heterocycles. The topological polar surface area (TPSA) is 47.9 Å². The maximum atomic E-state index is 10.4. The molecule has 8 heteroatoms. The zero-order valence-electron chi connectivity index (χ0n) is 12.8. The Hall–Kier alpha value is 0.300. The van der Waals surface area contributed by atoms with Crippen molar-refractivity contribution in [3.8, 4) is 0 Å². The van der Waals surface area contributed by atoms with Crippen LogP contribution in [0, 0.1) is 0 Å². The highest BCUT2D eigenvalue weighted by molar-refractivity contribution is 14.0. The summed E-state index contributed by atoms with van der Waals surface area (Å²) in [5.41, 5.74) is -0.640. The van der Waals surface area contributed by atoms with Crippen molar-refractivity contribution >= 4 is 64.6 Å². The molecule has 1 atom stereocenters. The molecular weight excluding hydrogens is 453 g/mol. The lowest BCUT2D eigenvalue weighted by Crippen LogP contribution is -2.40. The van der Waals surface area contributed by atoms with E-state index in [0.717, 1.165) is 41.3 Å². The first-order valence-electron chi connectivity index (χ1n) is 7.06. The van der Waals surface area contributed by atoms with Gasteiger partial charge in [-0.05, 0) is 31.2 Å². The Morgan fingerprint density at radius 3 is 2.86 bits per heavy atom. The Labute approximate surface area is 162 Å². The minimum absolute atomic E-state index is 0. The van der Waals surface area contributed by atoms with Gasteiger partial charge in [0.15, 0.2) is 5.96 Å². The van der Waals surface area contributed by atoms with Crippen LogP contribution in [-0.4, -0.2) is 53.2 Å². The normalized spacial score (nSPS) is 21.5. The number of aliphatic hydroxyl groups is 1.